The molecule has 0 saturated heterocycles. The van der Waals surface area contributed by atoms with Crippen LogP contribution in [-0.4, -0.2) is 25.6 Å². The molecule has 0 aliphatic heterocycles. The second-order valence-electron chi connectivity index (χ2n) is 2.48. The van der Waals surface area contributed by atoms with E-state index in [0.717, 1.165) is 18.1 Å². The fourth-order valence-electron chi connectivity index (χ4n) is 0.532. The number of hydrogen-bond acceptors (Lipinski definition) is 4. The lowest BCUT2D eigenvalue weighted by atomic mass is 10.2. The molecule has 0 aromatic heterocycles. The normalized spacial score (nSPS) is 6.50. The highest BCUT2D eigenvalue weighted by Gasteiger charge is 1.79. The van der Waals surface area contributed by atoms with Crippen LogP contribution in [0.4, 0.5) is 0 Å². The molecular weight excluding hydrogens is 232 g/mol. The van der Waals surface area contributed by atoms with Crippen LogP contribution in [0.25, 0.3) is 0 Å². The summed E-state index contributed by atoms with van der Waals surface area (Å²) in [6.07, 6.45) is 4.18. The van der Waals surface area contributed by atoms with Crippen LogP contribution in [0, 0.1) is 0 Å². The lowest BCUT2D eigenvalue weighted by molar-refractivity contribution is -0.107. The molecule has 4 heteroatoms. The van der Waals surface area contributed by atoms with E-state index in [-0.39, 0.29) is 0 Å². The number of aldehydes is 3. The molecule has 0 spiro atoms. The summed E-state index contributed by atoms with van der Waals surface area (Å²) in [5, 5.41) is 0. The molecule has 1 aromatic rings. The van der Waals surface area contributed by atoms with Crippen LogP contribution in [0.2, 0.25) is 0 Å². The van der Waals surface area contributed by atoms with E-state index in [1.165, 1.54) is 6.08 Å². The third kappa shape index (κ3) is 23.5. The van der Waals surface area contributed by atoms with E-state index in [1.54, 1.807) is 12.1 Å². The smallest absolute Gasteiger partial charge is 0.150 e. The molecule has 0 amide bonds. The average molecular weight is 250 g/mol. The lowest BCUT2D eigenvalue weighted by Gasteiger charge is -1.81. The number of benzene rings is 1. The van der Waals surface area contributed by atoms with Crippen LogP contribution >= 0.6 is 0 Å². The molecular formula is C14H18O4. The standard InChI is InChI=1S/C7H6O.C3H6O.C3H4O.CH2O/c8-6-7-4-2-1-3-5-7;2*1-2-3-4;1-2/h1-6H;3H,2H2,1H3;2-3H,1H2;1H2. The zero-order chi connectivity index (χ0) is 14.6. The first-order valence-corrected chi connectivity index (χ1v) is 5.05. The largest absolute Gasteiger partial charge is 0.307 e. The van der Waals surface area contributed by atoms with Crippen LogP contribution < -0.4 is 0 Å². The first kappa shape index (κ1) is 21.0. The van der Waals surface area contributed by atoms with E-state index in [2.05, 4.69) is 6.58 Å². The van der Waals surface area contributed by atoms with Crippen molar-refractivity contribution in [3.8, 4) is 0 Å². The molecule has 0 aliphatic carbocycles. The van der Waals surface area contributed by atoms with Crippen molar-refractivity contribution in [1.82, 2.24) is 0 Å². The SMILES string of the molecule is C=CC=O.C=O.CCC=O.O=Cc1ccccc1. The second-order valence-corrected chi connectivity index (χ2v) is 2.48. The van der Waals surface area contributed by atoms with Crippen LogP contribution in [0.1, 0.15) is 23.7 Å². The fraction of sp³-hybridized carbons (Fsp3) is 0.143. The average Bonchev–Trinajstić information content (AvgIpc) is 2.50. The minimum Gasteiger partial charge on any atom is -0.307 e. The van der Waals surface area contributed by atoms with E-state index in [0.29, 0.717) is 12.7 Å². The Hall–Kier alpha value is -2.36. The van der Waals surface area contributed by atoms with Gasteiger partial charge >= 0.3 is 0 Å². The topological polar surface area (TPSA) is 68.3 Å². The molecule has 0 fully saturated rings. The fourth-order valence-corrected chi connectivity index (χ4v) is 0.532. The Morgan fingerprint density at radius 3 is 1.61 bits per heavy atom. The zero-order valence-electron chi connectivity index (χ0n) is 10.5. The van der Waals surface area contributed by atoms with Gasteiger partial charge in [0, 0.05) is 12.0 Å². The Balaban J connectivity index is -0.000000194. The van der Waals surface area contributed by atoms with Crippen molar-refractivity contribution in [3.63, 3.8) is 0 Å². The zero-order valence-corrected chi connectivity index (χ0v) is 10.5. The van der Waals surface area contributed by atoms with Gasteiger partial charge in [0.2, 0.25) is 0 Å². The van der Waals surface area contributed by atoms with Gasteiger partial charge in [0.25, 0.3) is 0 Å². The summed E-state index contributed by atoms with van der Waals surface area (Å²) in [6.45, 7) is 6.92. The molecule has 0 aliphatic rings. The van der Waals surface area contributed by atoms with Crippen molar-refractivity contribution in [2.24, 2.45) is 0 Å². The minimum atomic E-state index is 0.639. The Morgan fingerprint density at radius 1 is 1.06 bits per heavy atom. The van der Waals surface area contributed by atoms with Crippen LogP contribution in [0.5, 0.6) is 0 Å². The monoisotopic (exact) mass is 250 g/mol. The molecule has 1 aromatic carbocycles. The summed E-state index contributed by atoms with van der Waals surface area (Å²) in [5.41, 5.74) is 0.729. The first-order valence-electron chi connectivity index (χ1n) is 5.05. The summed E-state index contributed by atoms with van der Waals surface area (Å²) >= 11 is 0. The highest BCUT2D eigenvalue weighted by atomic mass is 16.1. The maximum Gasteiger partial charge on any atom is 0.150 e. The van der Waals surface area contributed by atoms with Crippen LogP contribution in [-0.2, 0) is 14.4 Å². The van der Waals surface area contributed by atoms with Crippen molar-refractivity contribution in [1.29, 1.82) is 0 Å². The molecule has 0 atom stereocenters. The van der Waals surface area contributed by atoms with Gasteiger partial charge in [0.15, 0.2) is 0 Å². The van der Waals surface area contributed by atoms with E-state index in [9.17, 15) is 9.59 Å². The molecule has 0 unspecified atom stereocenters. The number of carbonyl (C=O) groups excluding carboxylic acids is 4. The maximum atomic E-state index is 10.0. The predicted molar refractivity (Wildman–Crippen MR) is 71.6 cm³/mol. The van der Waals surface area contributed by atoms with Crippen LogP contribution in [0.15, 0.2) is 43.0 Å². The molecule has 0 heterocycles. The molecule has 0 saturated carbocycles. The van der Waals surface area contributed by atoms with Crippen molar-refractivity contribution in [2.75, 3.05) is 0 Å². The molecule has 4 nitrogen and oxygen atoms in total. The van der Waals surface area contributed by atoms with Gasteiger partial charge in [-0.3, -0.25) is 9.59 Å². The third-order valence-corrected chi connectivity index (χ3v) is 1.20. The van der Waals surface area contributed by atoms with Crippen molar-refractivity contribution in [2.45, 2.75) is 13.3 Å². The Labute approximate surface area is 107 Å². The van der Waals surface area contributed by atoms with Crippen molar-refractivity contribution >= 4 is 25.6 Å². The van der Waals surface area contributed by atoms with Gasteiger partial charge in [0.1, 0.15) is 25.6 Å². The maximum absolute atomic E-state index is 10.0. The summed E-state index contributed by atoms with van der Waals surface area (Å²) in [5.74, 6) is 0. The van der Waals surface area contributed by atoms with Crippen LogP contribution in [0.3, 0.4) is 0 Å². The minimum absolute atomic E-state index is 0.639. The Kier molecular flexibility index (Phi) is 28.0. The van der Waals surface area contributed by atoms with E-state index in [4.69, 9.17) is 9.59 Å². The summed E-state index contributed by atoms with van der Waals surface area (Å²) in [4.78, 5) is 36.2. The highest BCUT2D eigenvalue weighted by molar-refractivity contribution is 5.74. The van der Waals surface area contributed by atoms with Crippen molar-refractivity contribution in [3.05, 3.63) is 48.6 Å². The van der Waals surface area contributed by atoms with Crippen molar-refractivity contribution < 1.29 is 19.2 Å². The molecule has 0 N–H and O–H groups in total. The summed E-state index contributed by atoms with van der Waals surface area (Å²) in [6, 6.07) is 9.10. The van der Waals surface area contributed by atoms with E-state index in [1.807, 2.05) is 31.9 Å². The third-order valence-electron chi connectivity index (χ3n) is 1.20. The molecule has 0 radical (unpaired) electrons. The number of carbonyl (C=O) groups is 4. The Bertz CT molecular complexity index is 301. The molecule has 1 rings (SSSR count). The van der Waals surface area contributed by atoms with E-state index < -0.39 is 0 Å². The van der Waals surface area contributed by atoms with Gasteiger partial charge in [-0.15, -0.1) is 0 Å². The molecule has 0 bridgehead atoms. The van der Waals surface area contributed by atoms with Gasteiger partial charge < -0.3 is 9.59 Å². The van der Waals surface area contributed by atoms with Gasteiger partial charge in [-0.1, -0.05) is 43.8 Å². The Morgan fingerprint density at radius 2 is 1.44 bits per heavy atom. The number of allylic oxidation sites excluding steroid dienone is 1. The highest BCUT2D eigenvalue weighted by Crippen LogP contribution is 1.91. The second kappa shape index (κ2) is 24.1. The quantitative estimate of drug-likeness (QED) is 0.609. The van der Waals surface area contributed by atoms with Gasteiger partial charge in [0.05, 0.1) is 0 Å². The van der Waals surface area contributed by atoms with Gasteiger partial charge in [-0.2, -0.15) is 0 Å². The predicted octanol–water partition coefficient (Wildman–Crippen LogP) is 2.28. The van der Waals surface area contributed by atoms with E-state index >= 15 is 0 Å². The first-order chi connectivity index (χ1) is 8.76. The van der Waals surface area contributed by atoms with Gasteiger partial charge in [-0.05, 0) is 6.08 Å². The molecule has 18 heavy (non-hydrogen) atoms. The lowest BCUT2D eigenvalue weighted by Crippen LogP contribution is -1.73. The number of rotatable bonds is 3. The molecule has 98 valence electrons. The number of hydrogen-bond donors (Lipinski definition) is 0. The summed E-state index contributed by atoms with van der Waals surface area (Å²) < 4.78 is 0. The summed E-state index contributed by atoms with van der Waals surface area (Å²) in [7, 11) is 0. The van der Waals surface area contributed by atoms with Gasteiger partial charge in [-0.25, -0.2) is 0 Å².